The normalized spacial score (nSPS) is 11.0. The lowest BCUT2D eigenvalue weighted by Gasteiger charge is -2.20. The first-order valence-corrected chi connectivity index (χ1v) is 5.78. The van der Waals surface area contributed by atoms with Gasteiger partial charge in [0.1, 0.15) is 0 Å². The van der Waals surface area contributed by atoms with Crippen LogP contribution >= 0.6 is 11.3 Å². The number of nitrogen functional groups attached to an aromatic ring is 1. The van der Waals surface area contributed by atoms with Crippen molar-refractivity contribution in [2.45, 2.75) is 26.3 Å². The Morgan fingerprint density at radius 3 is 2.47 bits per heavy atom. The van der Waals surface area contributed by atoms with Crippen LogP contribution in [0.3, 0.4) is 0 Å². The molecule has 0 atom stereocenters. The highest BCUT2D eigenvalue weighted by Crippen LogP contribution is 2.10. The van der Waals surface area contributed by atoms with Crippen molar-refractivity contribution in [2.24, 2.45) is 0 Å². The smallest absolute Gasteiger partial charge is 0.282 e. The number of carbonyl (C=O) groups excluding carboxylic acids is 2. The number of hydrogen-bond acceptors (Lipinski definition) is 6. The number of carbonyl (C=O) groups is 2. The van der Waals surface area contributed by atoms with Gasteiger partial charge in [0.15, 0.2) is 0 Å². The van der Waals surface area contributed by atoms with Gasteiger partial charge in [0.2, 0.25) is 16.0 Å². The van der Waals surface area contributed by atoms with E-state index in [2.05, 4.69) is 20.8 Å². The quantitative estimate of drug-likeness (QED) is 0.692. The molecule has 0 saturated heterocycles. The van der Waals surface area contributed by atoms with Crippen LogP contribution in [0, 0.1) is 0 Å². The standard InChI is InChI=1S/C9H15N5O2S/c1-9(2,3)12-5(15)4-11-6(16)7-13-14-8(10)17-7/h4H2,1-3H3,(H2,10,14)(H,11,16)(H,12,15). The maximum atomic E-state index is 11.5. The van der Waals surface area contributed by atoms with Gasteiger partial charge in [0.05, 0.1) is 6.54 Å². The summed E-state index contributed by atoms with van der Waals surface area (Å²) in [6.07, 6.45) is 0. The second-order valence-electron chi connectivity index (χ2n) is 4.43. The maximum absolute atomic E-state index is 11.5. The Balaban J connectivity index is 2.41. The molecule has 0 spiro atoms. The first-order chi connectivity index (χ1) is 7.78. The van der Waals surface area contributed by atoms with Gasteiger partial charge < -0.3 is 16.4 Å². The van der Waals surface area contributed by atoms with Crippen LogP contribution in [0.2, 0.25) is 0 Å². The molecule has 1 rings (SSSR count). The molecular weight excluding hydrogens is 242 g/mol. The number of nitrogens with zero attached hydrogens (tertiary/aromatic N) is 2. The zero-order valence-electron chi connectivity index (χ0n) is 9.90. The van der Waals surface area contributed by atoms with E-state index < -0.39 is 5.91 Å². The molecule has 1 aromatic rings. The minimum absolute atomic E-state index is 0.102. The highest BCUT2D eigenvalue weighted by Gasteiger charge is 2.16. The second kappa shape index (κ2) is 5.09. The molecule has 0 radical (unpaired) electrons. The summed E-state index contributed by atoms with van der Waals surface area (Å²) in [5, 5.41) is 12.6. The summed E-state index contributed by atoms with van der Waals surface area (Å²) in [5.74, 6) is -0.716. The summed E-state index contributed by atoms with van der Waals surface area (Å²) in [7, 11) is 0. The molecule has 0 unspecified atom stereocenters. The van der Waals surface area contributed by atoms with Crippen molar-refractivity contribution < 1.29 is 9.59 Å². The molecule has 0 aromatic carbocycles. The van der Waals surface area contributed by atoms with Crippen LogP contribution in [0.25, 0.3) is 0 Å². The van der Waals surface area contributed by atoms with E-state index in [1.165, 1.54) is 0 Å². The van der Waals surface area contributed by atoms with E-state index >= 15 is 0 Å². The highest BCUT2D eigenvalue weighted by molar-refractivity contribution is 7.16. The lowest BCUT2D eigenvalue weighted by molar-refractivity contribution is -0.121. The van der Waals surface area contributed by atoms with E-state index in [4.69, 9.17) is 5.73 Å². The number of anilines is 1. The van der Waals surface area contributed by atoms with Crippen molar-refractivity contribution in [1.29, 1.82) is 0 Å². The van der Waals surface area contributed by atoms with Gasteiger partial charge in [-0.05, 0) is 20.8 Å². The molecule has 17 heavy (non-hydrogen) atoms. The topological polar surface area (TPSA) is 110 Å². The van der Waals surface area contributed by atoms with Gasteiger partial charge in [0.25, 0.3) is 5.91 Å². The third-order valence-corrected chi connectivity index (χ3v) is 2.31. The van der Waals surface area contributed by atoms with Gasteiger partial charge in [-0.1, -0.05) is 11.3 Å². The number of amides is 2. The average Bonchev–Trinajstić information content (AvgIpc) is 2.58. The summed E-state index contributed by atoms with van der Waals surface area (Å²) in [6.45, 7) is 5.48. The Morgan fingerprint density at radius 1 is 1.35 bits per heavy atom. The third-order valence-electron chi connectivity index (χ3n) is 1.56. The molecule has 0 bridgehead atoms. The first-order valence-electron chi connectivity index (χ1n) is 4.96. The van der Waals surface area contributed by atoms with Gasteiger partial charge in [-0.2, -0.15) is 0 Å². The van der Waals surface area contributed by atoms with Crippen molar-refractivity contribution in [3.63, 3.8) is 0 Å². The van der Waals surface area contributed by atoms with Crippen LogP contribution in [0.15, 0.2) is 0 Å². The molecule has 0 aliphatic carbocycles. The minimum Gasteiger partial charge on any atom is -0.374 e. The van der Waals surface area contributed by atoms with Gasteiger partial charge >= 0.3 is 0 Å². The highest BCUT2D eigenvalue weighted by atomic mass is 32.1. The summed E-state index contributed by atoms with van der Waals surface area (Å²) >= 11 is 0.972. The maximum Gasteiger partial charge on any atom is 0.282 e. The first kappa shape index (κ1) is 13.4. The monoisotopic (exact) mass is 257 g/mol. The minimum atomic E-state index is -0.455. The summed E-state index contributed by atoms with van der Waals surface area (Å²) in [6, 6.07) is 0. The lowest BCUT2D eigenvalue weighted by atomic mass is 10.1. The van der Waals surface area contributed by atoms with Crippen molar-refractivity contribution in [3.05, 3.63) is 5.01 Å². The van der Waals surface area contributed by atoms with Gasteiger partial charge in [-0.25, -0.2) is 0 Å². The van der Waals surface area contributed by atoms with Crippen molar-refractivity contribution >= 4 is 28.3 Å². The zero-order chi connectivity index (χ0) is 13.1. The van der Waals surface area contributed by atoms with Crippen molar-refractivity contribution in [3.8, 4) is 0 Å². The van der Waals surface area contributed by atoms with Crippen LogP contribution in [0.1, 0.15) is 30.6 Å². The van der Waals surface area contributed by atoms with Gasteiger partial charge in [-0.3, -0.25) is 9.59 Å². The zero-order valence-corrected chi connectivity index (χ0v) is 10.7. The molecule has 0 saturated carbocycles. The molecule has 2 amide bonds. The molecule has 0 aliphatic heterocycles. The fourth-order valence-electron chi connectivity index (χ4n) is 1.02. The fraction of sp³-hybridized carbons (Fsp3) is 0.556. The van der Waals surface area contributed by atoms with E-state index in [1.807, 2.05) is 20.8 Å². The average molecular weight is 257 g/mol. The Kier molecular flexibility index (Phi) is 4.00. The molecular formula is C9H15N5O2S. The van der Waals surface area contributed by atoms with Crippen LogP contribution in [-0.2, 0) is 4.79 Å². The summed E-state index contributed by atoms with van der Waals surface area (Å²) in [4.78, 5) is 22.9. The summed E-state index contributed by atoms with van der Waals surface area (Å²) < 4.78 is 0. The van der Waals surface area contributed by atoms with E-state index in [0.717, 1.165) is 11.3 Å². The van der Waals surface area contributed by atoms with E-state index in [9.17, 15) is 9.59 Å². The molecule has 1 aromatic heterocycles. The van der Waals surface area contributed by atoms with Crippen molar-refractivity contribution in [2.75, 3.05) is 12.3 Å². The van der Waals surface area contributed by atoms with Crippen molar-refractivity contribution in [1.82, 2.24) is 20.8 Å². The molecule has 4 N–H and O–H groups in total. The predicted molar refractivity (Wildman–Crippen MR) is 64.6 cm³/mol. The Labute approximate surface area is 103 Å². The summed E-state index contributed by atoms with van der Waals surface area (Å²) in [5.41, 5.74) is 5.02. The molecule has 1 heterocycles. The van der Waals surface area contributed by atoms with E-state index in [-0.39, 0.29) is 28.1 Å². The Bertz CT molecular complexity index is 423. The number of nitrogens with two attached hydrogens (primary N) is 1. The molecule has 0 aliphatic rings. The largest absolute Gasteiger partial charge is 0.374 e. The van der Waals surface area contributed by atoms with E-state index in [1.54, 1.807) is 0 Å². The number of aromatic nitrogens is 2. The van der Waals surface area contributed by atoms with Crippen LogP contribution < -0.4 is 16.4 Å². The molecule has 8 heteroatoms. The molecule has 7 nitrogen and oxygen atoms in total. The lowest BCUT2D eigenvalue weighted by Crippen LogP contribution is -2.45. The molecule has 94 valence electrons. The van der Waals surface area contributed by atoms with Gasteiger partial charge in [0, 0.05) is 5.54 Å². The van der Waals surface area contributed by atoms with Crippen LogP contribution in [0.5, 0.6) is 0 Å². The van der Waals surface area contributed by atoms with Crippen LogP contribution in [-0.4, -0.2) is 34.1 Å². The Morgan fingerprint density at radius 2 is 2.00 bits per heavy atom. The number of hydrogen-bond donors (Lipinski definition) is 3. The number of rotatable bonds is 3. The third kappa shape index (κ3) is 4.77. The van der Waals surface area contributed by atoms with E-state index in [0.29, 0.717) is 0 Å². The van der Waals surface area contributed by atoms with Crippen LogP contribution in [0.4, 0.5) is 5.13 Å². The SMILES string of the molecule is CC(C)(C)NC(=O)CNC(=O)c1nnc(N)s1. The van der Waals surface area contributed by atoms with Gasteiger partial charge in [-0.15, -0.1) is 10.2 Å². The molecule has 0 fully saturated rings. The number of nitrogens with one attached hydrogen (secondary N) is 2. The predicted octanol–water partition coefficient (Wildman–Crippen LogP) is -0.235. The fourth-order valence-corrected chi connectivity index (χ4v) is 1.55. The Hall–Kier alpha value is -1.70. The second-order valence-corrected chi connectivity index (χ2v) is 5.44.